The van der Waals surface area contributed by atoms with E-state index in [1.54, 1.807) is 7.11 Å². The van der Waals surface area contributed by atoms with Crippen molar-refractivity contribution in [3.63, 3.8) is 0 Å². The Balaban J connectivity index is 1.67. The van der Waals surface area contributed by atoms with E-state index in [4.69, 9.17) is 4.74 Å². The lowest BCUT2D eigenvalue weighted by molar-refractivity contribution is 0.352. The standard InChI is InChI=1S/C14H20N4O/c1-19-13-5-3-11-14(18-13)17-12(16-11)4-2-10-6-8-15-9-7-10/h3,5,10,15H,2,4,6-9H2,1H3,(H,16,17,18). The molecule has 0 spiro atoms. The lowest BCUT2D eigenvalue weighted by Crippen LogP contribution is -2.27. The zero-order chi connectivity index (χ0) is 13.1. The van der Waals surface area contributed by atoms with Gasteiger partial charge in [0.05, 0.1) is 12.6 Å². The van der Waals surface area contributed by atoms with E-state index in [1.807, 2.05) is 12.1 Å². The average Bonchev–Trinajstić information content (AvgIpc) is 2.88. The molecule has 0 unspecified atom stereocenters. The predicted molar refractivity (Wildman–Crippen MR) is 74.4 cm³/mol. The second-order valence-electron chi connectivity index (χ2n) is 5.14. The van der Waals surface area contributed by atoms with E-state index in [-0.39, 0.29) is 0 Å². The van der Waals surface area contributed by atoms with Gasteiger partial charge in [-0.1, -0.05) is 0 Å². The molecule has 3 rings (SSSR count). The third-order valence-electron chi connectivity index (χ3n) is 3.83. The number of hydrogen-bond donors (Lipinski definition) is 2. The average molecular weight is 260 g/mol. The monoisotopic (exact) mass is 260 g/mol. The number of piperidine rings is 1. The molecule has 1 aliphatic rings. The molecule has 19 heavy (non-hydrogen) atoms. The van der Waals surface area contributed by atoms with Gasteiger partial charge in [0, 0.05) is 12.5 Å². The summed E-state index contributed by atoms with van der Waals surface area (Å²) in [5.41, 5.74) is 1.74. The van der Waals surface area contributed by atoms with Gasteiger partial charge in [0.25, 0.3) is 0 Å². The quantitative estimate of drug-likeness (QED) is 0.881. The smallest absolute Gasteiger partial charge is 0.215 e. The fourth-order valence-corrected chi connectivity index (χ4v) is 2.67. The second kappa shape index (κ2) is 5.57. The Labute approximate surface area is 112 Å². The fraction of sp³-hybridized carbons (Fsp3) is 0.571. The topological polar surface area (TPSA) is 62.8 Å². The van der Waals surface area contributed by atoms with E-state index in [9.17, 15) is 0 Å². The van der Waals surface area contributed by atoms with Crippen LogP contribution in [0, 0.1) is 5.92 Å². The first-order chi connectivity index (χ1) is 9.35. The minimum atomic E-state index is 0.615. The Morgan fingerprint density at radius 3 is 2.89 bits per heavy atom. The fourth-order valence-electron chi connectivity index (χ4n) is 2.67. The highest BCUT2D eigenvalue weighted by atomic mass is 16.5. The summed E-state index contributed by atoms with van der Waals surface area (Å²) in [5.74, 6) is 2.48. The normalized spacial score (nSPS) is 16.9. The summed E-state index contributed by atoms with van der Waals surface area (Å²) in [5, 5.41) is 3.40. The molecule has 0 aromatic carbocycles. The number of aromatic amines is 1. The van der Waals surface area contributed by atoms with E-state index in [0.717, 1.165) is 42.4 Å². The van der Waals surface area contributed by atoms with Gasteiger partial charge in [0.2, 0.25) is 5.88 Å². The summed E-state index contributed by atoms with van der Waals surface area (Å²) in [6.45, 7) is 2.31. The van der Waals surface area contributed by atoms with E-state index in [0.29, 0.717) is 5.88 Å². The van der Waals surface area contributed by atoms with Crippen molar-refractivity contribution in [2.75, 3.05) is 20.2 Å². The number of methoxy groups -OCH3 is 1. The van der Waals surface area contributed by atoms with Crippen LogP contribution >= 0.6 is 0 Å². The van der Waals surface area contributed by atoms with Crippen LogP contribution < -0.4 is 10.1 Å². The van der Waals surface area contributed by atoms with Crippen LogP contribution in [-0.2, 0) is 6.42 Å². The van der Waals surface area contributed by atoms with Gasteiger partial charge in [-0.25, -0.2) is 4.98 Å². The minimum absolute atomic E-state index is 0.615. The lowest BCUT2D eigenvalue weighted by atomic mass is 9.93. The van der Waals surface area contributed by atoms with Gasteiger partial charge in [-0.3, -0.25) is 0 Å². The van der Waals surface area contributed by atoms with Crippen LogP contribution in [0.15, 0.2) is 12.1 Å². The van der Waals surface area contributed by atoms with E-state index in [2.05, 4.69) is 20.3 Å². The molecule has 0 amide bonds. The van der Waals surface area contributed by atoms with E-state index in [1.165, 1.54) is 19.3 Å². The Kier molecular flexibility index (Phi) is 3.64. The molecule has 0 saturated carbocycles. The number of fused-ring (bicyclic) bond motifs is 1. The number of aryl methyl sites for hydroxylation is 1. The minimum Gasteiger partial charge on any atom is -0.481 e. The van der Waals surface area contributed by atoms with Crippen molar-refractivity contribution in [2.24, 2.45) is 5.92 Å². The van der Waals surface area contributed by atoms with Crippen LogP contribution in [0.2, 0.25) is 0 Å². The highest BCUT2D eigenvalue weighted by molar-refractivity contribution is 5.71. The maximum Gasteiger partial charge on any atom is 0.215 e. The molecule has 2 aromatic rings. The molecule has 0 atom stereocenters. The lowest BCUT2D eigenvalue weighted by Gasteiger charge is -2.21. The molecule has 3 heterocycles. The van der Waals surface area contributed by atoms with Gasteiger partial charge in [0.1, 0.15) is 5.82 Å². The molecule has 1 fully saturated rings. The molecule has 1 saturated heterocycles. The van der Waals surface area contributed by atoms with Gasteiger partial charge in [-0.15, -0.1) is 0 Å². The third-order valence-corrected chi connectivity index (χ3v) is 3.83. The zero-order valence-electron chi connectivity index (χ0n) is 11.3. The highest BCUT2D eigenvalue weighted by Crippen LogP contribution is 2.19. The number of rotatable bonds is 4. The van der Waals surface area contributed by atoms with Crippen LogP contribution in [0.1, 0.15) is 25.1 Å². The maximum absolute atomic E-state index is 5.11. The number of aromatic nitrogens is 3. The van der Waals surface area contributed by atoms with Crippen molar-refractivity contribution >= 4 is 11.2 Å². The second-order valence-corrected chi connectivity index (χ2v) is 5.14. The van der Waals surface area contributed by atoms with Gasteiger partial charge >= 0.3 is 0 Å². The van der Waals surface area contributed by atoms with Crippen molar-refractivity contribution < 1.29 is 4.74 Å². The van der Waals surface area contributed by atoms with Crippen LogP contribution in [-0.4, -0.2) is 35.2 Å². The zero-order valence-corrected chi connectivity index (χ0v) is 11.3. The van der Waals surface area contributed by atoms with Gasteiger partial charge in [-0.05, 0) is 44.3 Å². The van der Waals surface area contributed by atoms with Gasteiger partial charge in [-0.2, -0.15) is 4.98 Å². The van der Waals surface area contributed by atoms with Crippen molar-refractivity contribution in [2.45, 2.75) is 25.7 Å². The first kappa shape index (κ1) is 12.4. The van der Waals surface area contributed by atoms with Crippen LogP contribution in [0.25, 0.3) is 11.2 Å². The highest BCUT2D eigenvalue weighted by Gasteiger charge is 2.14. The number of pyridine rings is 1. The number of nitrogens with zero attached hydrogens (tertiary/aromatic N) is 2. The maximum atomic E-state index is 5.11. The number of H-pyrrole nitrogens is 1. The molecular weight excluding hydrogens is 240 g/mol. The Morgan fingerprint density at radius 1 is 1.26 bits per heavy atom. The predicted octanol–water partition coefficient (Wildman–Crippen LogP) is 1.90. The Hall–Kier alpha value is -1.62. The van der Waals surface area contributed by atoms with Crippen LogP contribution in [0.3, 0.4) is 0 Å². The molecule has 5 nitrogen and oxygen atoms in total. The molecule has 0 bridgehead atoms. The van der Waals surface area contributed by atoms with Gasteiger partial charge in [0.15, 0.2) is 5.65 Å². The SMILES string of the molecule is COc1ccc2[nH]c(CCC3CCNCC3)nc2n1. The summed E-state index contributed by atoms with van der Waals surface area (Å²) < 4.78 is 5.11. The molecule has 5 heteroatoms. The van der Waals surface area contributed by atoms with Gasteiger partial charge < -0.3 is 15.0 Å². The summed E-state index contributed by atoms with van der Waals surface area (Å²) in [6, 6.07) is 3.83. The van der Waals surface area contributed by atoms with Crippen molar-refractivity contribution in [3.05, 3.63) is 18.0 Å². The molecule has 102 valence electrons. The summed E-state index contributed by atoms with van der Waals surface area (Å²) in [6.07, 6.45) is 4.78. The van der Waals surface area contributed by atoms with Crippen molar-refractivity contribution in [1.29, 1.82) is 0 Å². The summed E-state index contributed by atoms with van der Waals surface area (Å²) >= 11 is 0. The molecule has 1 aliphatic heterocycles. The van der Waals surface area contributed by atoms with Crippen LogP contribution in [0.5, 0.6) is 5.88 Å². The number of imidazole rings is 1. The molecule has 0 radical (unpaired) electrons. The molecule has 2 N–H and O–H groups in total. The molecule has 0 aliphatic carbocycles. The summed E-state index contributed by atoms with van der Waals surface area (Å²) in [7, 11) is 1.62. The first-order valence-corrected chi connectivity index (χ1v) is 6.95. The number of ether oxygens (including phenoxy) is 1. The first-order valence-electron chi connectivity index (χ1n) is 6.95. The van der Waals surface area contributed by atoms with Crippen molar-refractivity contribution in [1.82, 2.24) is 20.3 Å². The Morgan fingerprint density at radius 2 is 2.11 bits per heavy atom. The van der Waals surface area contributed by atoms with E-state index < -0.39 is 0 Å². The molecular formula is C14H20N4O. The molecule has 2 aromatic heterocycles. The third kappa shape index (κ3) is 2.87. The van der Waals surface area contributed by atoms with Crippen LogP contribution in [0.4, 0.5) is 0 Å². The van der Waals surface area contributed by atoms with E-state index >= 15 is 0 Å². The summed E-state index contributed by atoms with van der Waals surface area (Å²) in [4.78, 5) is 12.2. The number of nitrogens with one attached hydrogen (secondary N) is 2. The Bertz CT molecular complexity index is 545. The van der Waals surface area contributed by atoms with Crippen molar-refractivity contribution in [3.8, 4) is 5.88 Å². The largest absolute Gasteiger partial charge is 0.481 e. The number of hydrogen-bond acceptors (Lipinski definition) is 4.